The summed E-state index contributed by atoms with van der Waals surface area (Å²) in [5, 5.41) is 5.87. The Hall–Kier alpha value is -0.770. The summed E-state index contributed by atoms with van der Waals surface area (Å²) in [6, 6.07) is 0.891. The van der Waals surface area contributed by atoms with Gasteiger partial charge in [0.05, 0.1) is 0 Å². The molecule has 0 radical (unpaired) electrons. The Kier molecular flexibility index (Phi) is 4.88. The van der Waals surface area contributed by atoms with Crippen LogP contribution in [0.25, 0.3) is 0 Å². The van der Waals surface area contributed by atoms with E-state index >= 15 is 0 Å². The van der Waals surface area contributed by atoms with Crippen LogP contribution in [0, 0.1) is 0 Å². The van der Waals surface area contributed by atoms with Gasteiger partial charge >= 0.3 is 6.03 Å². The standard InChI is InChI=1S/C11H23N3O/c1-4-6-12-11(15)13-10-5-7-14(3)9(2)8-10/h9-10H,4-8H2,1-3H3,(H2,12,13,15). The van der Waals surface area contributed by atoms with Crippen molar-refractivity contribution in [2.75, 3.05) is 20.1 Å². The van der Waals surface area contributed by atoms with E-state index in [1.807, 2.05) is 0 Å². The van der Waals surface area contributed by atoms with Crippen molar-refractivity contribution in [2.45, 2.75) is 45.2 Å². The first-order chi connectivity index (χ1) is 7.13. The highest BCUT2D eigenvalue weighted by Crippen LogP contribution is 2.14. The van der Waals surface area contributed by atoms with Gasteiger partial charge in [-0.15, -0.1) is 0 Å². The van der Waals surface area contributed by atoms with Gasteiger partial charge in [-0.2, -0.15) is 0 Å². The molecule has 4 heteroatoms. The molecule has 0 aromatic carbocycles. The van der Waals surface area contributed by atoms with Crippen LogP contribution in [0.3, 0.4) is 0 Å². The fourth-order valence-electron chi connectivity index (χ4n) is 1.90. The lowest BCUT2D eigenvalue weighted by molar-refractivity contribution is 0.168. The lowest BCUT2D eigenvalue weighted by Crippen LogP contribution is -2.49. The summed E-state index contributed by atoms with van der Waals surface area (Å²) in [6.07, 6.45) is 3.09. The second-order valence-corrected chi connectivity index (χ2v) is 4.45. The number of likely N-dealkylation sites (tertiary alicyclic amines) is 1. The Morgan fingerprint density at radius 3 is 2.87 bits per heavy atom. The molecule has 1 fully saturated rings. The molecule has 4 nitrogen and oxygen atoms in total. The molecule has 2 N–H and O–H groups in total. The lowest BCUT2D eigenvalue weighted by Gasteiger charge is -2.35. The molecular formula is C11H23N3O. The van der Waals surface area contributed by atoms with Crippen molar-refractivity contribution in [3.63, 3.8) is 0 Å². The zero-order chi connectivity index (χ0) is 11.3. The first kappa shape index (κ1) is 12.3. The highest BCUT2D eigenvalue weighted by Gasteiger charge is 2.23. The minimum absolute atomic E-state index is 0.0152. The third-order valence-electron chi connectivity index (χ3n) is 3.08. The smallest absolute Gasteiger partial charge is 0.315 e. The highest BCUT2D eigenvalue weighted by molar-refractivity contribution is 5.74. The third kappa shape index (κ3) is 4.08. The van der Waals surface area contributed by atoms with Crippen LogP contribution in [0.4, 0.5) is 4.79 Å². The summed E-state index contributed by atoms with van der Waals surface area (Å²) in [5.74, 6) is 0. The molecule has 0 saturated carbocycles. The number of hydrogen-bond donors (Lipinski definition) is 2. The van der Waals surface area contributed by atoms with E-state index in [1.54, 1.807) is 0 Å². The van der Waals surface area contributed by atoms with Crippen LogP contribution in [-0.4, -0.2) is 43.2 Å². The van der Waals surface area contributed by atoms with E-state index in [4.69, 9.17) is 0 Å². The van der Waals surface area contributed by atoms with Crippen molar-refractivity contribution < 1.29 is 4.79 Å². The predicted molar refractivity (Wildman–Crippen MR) is 61.9 cm³/mol. The summed E-state index contributed by atoms with van der Waals surface area (Å²) >= 11 is 0. The molecule has 1 aliphatic heterocycles. The van der Waals surface area contributed by atoms with Crippen molar-refractivity contribution >= 4 is 6.03 Å². The molecule has 1 rings (SSSR count). The second-order valence-electron chi connectivity index (χ2n) is 4.45. The molecule has 2 unspecified atom stereocenters. The summed E-state index contributed by atoms with van der Waals surface area (Å²) in [7, 11) is 2.14. The lowest BCUT2D eigenvalue weighted by atomic mass is 9.99. The third-order valence-corrected chi connectivity index (χ3v) is 3.08. The van der Waals surface area contributed by atoms with Crippen LogP contribution >= 0.6 is 0 Å². The molecule has 1 aliphatic rings. The maximum atomic E-state index is 11.4. The SMILES string of the molecule is CCCNC(=O)NC1CCN(C)C(C)C1. The molecule has 2 amide bonds. The quantitative estimate of drug-likeness (QED) is 0.739. The Labute approximate surface area is 92.4 Å². The number of hydrogen-bond acceptors (Lipinski definition) is 2. The Balaban J connectivity index is 2.24. The van der Waals surface area contributed by atoms with Gasteiger partial charge in [-0.1, -0.05) is 6.92 Å². The van der Waals surface area contributed by atoms with E-state index in [9.17, 15) is 4.79 Å². The summed E-state index contributed by atoms with van der Waals surface area (Å²) in [5.41, 5.74) is 0. The van der Waals surface area contributed by atoms with E-state index in [-0.39, 0.29) is 6.03 Å². The largest absolute Gasteiger partial charge is 0.338 e. The van der Waals surface area contributed by atoms with E-state index in [0.717, 1.165) is 32.4 Å². The molecule has 0 aromatic rings. The zero-order valence-corrected chi connectivity index (χ0v) is 10.0. The van der Waals surface area contributed by atoms with E-state index < -0.39 is 0 Å². The average Bonchev–Trinajstić information content (AvgIpc) is 2.20. The Bertz CT molecular complexity index is 208. The minimum atomic E-state index is -0.0152. The normalized spacial score (nSPS) is 27.4. The zero-order valence-electron chi connectivity index (χ0n) is 10.0. The molecule has 1 saturated heterocycles. The summed E-state index contributed by atoms with van der Waals surface area (Å²) in [6.45, 7) is 6.09. The molecule has 88 valence electrons. The molecule has 0 aliphatic carbocycles. The van der Waals surface area contributed by atoms with Crippen molar-refractivity contribution in [3.8, 4) is 0 Å². The molecule has 0 aromatic heterocycles. The monoisotopic (exact) mass is 213 g/mol. The van der Waals surface area contributed by atoms with Crippen molar-refractivity contribution in [2.24, 2.45) is 0 Å². The van der Waals surface area contributed by atoms with Gasteiger partial charge in [-0.05, 0) is 33.2 Å². The van der Waals surface area contributed by atoms with Crippen molar-refractivity contribution in [1.82, 2.24) is 15.5 Å². The summed E-state index contributed by atoms with van der Waals surface area (Å²) in [4.78, 5) is 13.8. The number of carbonyl (C=O) groups is 1. The fraction of sp³-hybridized carbons (Fsp3) is 0.909. The van der Waals surface area contributed by atoms with E-state index in [0.29, 0.717) is 12.1 Å². The van der Waals surface area contributed by atoms with E-state index in [1.165, 1.54) is 0 Å². The van der Waals surface area contributed by atoms with Gasteiger partial charge in [0.15, 0.2) is 0 Å². The number of carbonyl (C=O) groups excluding carboxylic acids is 1. The average molecular weight is 213 g/mol. The van der Waals surface area contributed by atoms with Gasteiger partial charge in [-0.3, -0.25) is 0 Å². The molecule has 0 bridgehead atoms. The Morgan fingerprint density at radius 2 is 2.27 bits per heavy atom. The molecule has 2 atom stereocenters. The number of piperidine rings is 1. The van der Waals surface area contributed by atoms with Crippen LogP contribution in [0.1, 0.15) is 33.1 Å². The highest BCUT2D eigenvalue weighted by atomic mass is 16.2. The first-order valence-corrected chi connectivity index (χ1v) is 5.88. The topological polar surface area (TPSA) is 44.4 Å². The molecule has 0 spiro atoms. The van der Waals surface area contributed by atoms with Crippen molar-refractivity contribution in [3.05, 3.63) is 0 Å². The number of rotatable bonds is 3. The van der Waals surface area contributed by atoms with E-state index in [2.05, 4.69) is 36.4 Å². The van der Waals surface area contributed by atoms with Crippen LogP contribution in [0.5, 0.6) is 0 Å². The van der Waals surface area contributed by atoms with Crippen LogP contribution in [-0.2, 0) is 0 Å². The molecule has 15 heavy (non-hydrogen) atoms. The second kappa shape index (κ2) is 5.95. The summed E-state index contributed by atoms with van der Waals surface area (Å²) < 4.78 is 0. The van der Waals surface area contributed by atoms with Crippen molar-refractivity contribution in [1.29, 1.82) is 0 Å². The van der Waals surface area contributed by atoms with Gasteiger partial charge in [0.2, 0.25) is 0 Å². The van der Waals surface area contributed by atoms with Gasteiger partial charge in [-0.25, -0.2) is 4.79 Å². The maximum absolute atomic E-state index is 11.4. The van der Waals surface area contributed by atoms with Crippen LogP contribution < -0.4 is 10.6 Å². The molecule has 1 heterocycles. The fourth-order valence-corrected chi connectivity index (χ4v) is 1.90. The number of nitrogens with zero attached hydrogens (tertiary/aromatic N) is 1. The predicted octanol–water partition coefficient (Wildman–Crippen LogP) is 1.18. The number of nitrogens with one attached hydrogen (secondary N) is 2. The van der Waals surface area contributed by atoms with Crippen LogP contribution in [0.2, 0.25) is 0 Å². The van der Waals surface area contributed by atoms with Gasteiger partial charge in [0, 0.05) is 25.2 Å². The Morgan fingerprint density at radius 1 is 1.53 bits per heavy atom. The molecular weight excluding hydrogens is 190 g/mol. The maximum Gasteiger partial charge on any atom is 0.315 e. The minimum Gasteiger partial charge on any atom is -0.338 e. The number of amides is 2. The number of urea groups is 1. The first-order valence-electron chi connectivity index (χ1n) is 5.88. The van der Waals surface area contributed by atoms with Gasteiger partial charge < -0.3 is 15.5 Å². The van der Waals surface area contributed by atoms with Gasteiger partial charge in [0.1, 0.15) is 0 Å². The van der Waals surface area contributed by atoms with Gasteiger partial charge in [0.25, 0.3) is 0 Å². The van der Waals surface area contributed by atoms with Crippen LogP contribution in [0.15, 0.2) is 0 Å².